The summed E-state index contributed by atoms with van der Waals surface area (Å²) in [5.41, 5.74) is 1.47. The van der Waals surface area contributed by atoms with Crippen LogP contribution in [0.3, 0.4) is 0 Å². The van der Waals surface area contributed by atoms with Crippen molar-refractivity contribution < 1.29 is 19.1 Å². The first kappa shape index (κ1) is 16.2. The Morgan fingerprint density at radius 3 is 2.09 bits per heavy atom. The van der Waals surface area contributed by atoms with Crippen molar-refractivity contribution in [3.05, 3.63) is 59.7 Å². The van der Waals surface area contributed by atoms with E-state index < -0.39 is 11.9 Å². The van der Waals surface area contributed by atoms with Gasteiger partial charge in [0.05, 0.1) is 18.2 Å². The van der Waals surface area contributed by atoms with Crippen molar-refractivity contribution in [2.24, 2.45) is 0 Å². The maximum atomic E-state index is 12.4. The molecular formula is C17H16N2O4. The lowest BCUT2D eigenvalue weighted by Gasteiger charge is -2.10. The lowest BCUT2D eigenvalue weighted by atomic mass is 10.1. The molecule has 0 aliphatic heterocycles. The van der Waals surface area contributed by atoms with Gasteiger partial charge in [-0.15, -0.1) is 0 Å². The number of benzene rings is 2. The Hall–Kier alpha value is -3.15. The van der Waals surface area contributed by atoms with E-state index in [1.54, 1.807) is 42.5 Å². The highest BCUT2D eigenvalue weighted by Crippen LogP contribution is 2.17. The third kappa shape index (κ3) is 4.16. The fourth-order valence-electron chi connectivity index (χ4n) is 2.05. The van der Waals surface area contributed by atoms with Crippen LogP contribution in [0.5, 0.6) is 0 Å². The standard InChI is InChI=1S/C17H16N2O4/c1-11(20)18-12-6-5-7-13(10-12)19-16(21)14-8-3-4-9-15(14)17(22)23-2/h3-10H,1-2H3,(H,18,20)(H,19,21). The summed E-state index contributed by atoms with van der Waals surface area (Å²) in [7, 11) is 1.26. The molecule has 0 bridgehead atoms. The summed E-state index contributed by atoms with van der Waals surface area (Å²) < 4.78 is 4.67. The highest BCUT2D eigenvalue weighted by Gasteiger charge is 2.17. The summed E-state index contributed by atoms with van der Waals surface area (Å²) in [6.45, 7) is 1.40. The molecule has 0 aliphatic carbocycles. The molecule has 0 saturated carbocycles. The third-order valence-corrected chi connectivity index (χ3v) is 3.02. The highest BCUT2D eigenvalue weighted by molar-refractivity contribution is 6.11. The van der Waals surface area contributed by atoms with E-state index in [-0.39, 0.29) is 17.0 Å². The molecule has 2 N–H and O–H groups in total. The van der Waals surface area contributed by atoms with Gasteiger partial charge in [0.15, 0.2) is 0 Å². The largest absolute Gasteiger partial charge is 0.465 e. The van der Waals surface area contributed by atoms with Gasteiger partial charge in [0.25, 0.3) is 5.91 Å². The Bertz CT molecular complexity index is 756. The Morgan fingerprint density at radius 1 is 0.870 bits per heavy atom. The van der Waals surface area contributed by atoms with E-state index in [0.29, 0.717) is 11.4 Å². The number of rotatable bonds is 4. The number of anilines is 2. The molecule has 0 saturated heterocycles. The molecule has 0 unspecified atom stereocenters. The van der Waals surface area contributed by atoms with Crippen molar-refractivity contribution in [2.75, 3.05) is 17.7 Å². The van der Waals surface area contributed by atoms with Crippen LogP contribution in [0.25, 0.3) is 0 Å². The van der Waals surface area contributed by atoms with E-state index in [1.807, 2.05) is 0 Å². The van der Waals surface area contributed by atoms with Crippen LogP contribution in [-0.2, 0) is 9.53 Å². The number of hydrogen-bond acceptors (Lipinski definition) is 4. The maximum absolute atomic E-state index is 12.4. The summed E-state index contributed by atoms with van der Waals surface area (Å²) in [5.74, 6) is -1.22. The summed E-state index contributed by atoms with van der Waals surface area (Å²) in [4.78, 5) is 35.2. The van der Waals surface area contributed by atoms with Gasteiger partial charge < -0.3 is 15.4 Å². The predicted octanol–water partition coefficient (Wildman–Crippen LogP) is 2.68. The summed E-state index contributed by atoms with van der Waals surface area (Å²) in [5, 5.41) is 5.33. The van der Waals surface area contributed by atoms with Crippen LogP contribution in [0.2, 0.25) is 0 Å². The normalized spacial score (nSPS) is 9.83. The minimum atomic E-state index is -0.581. The second kappa shape index (κ2) is 7.22. The van der Waals surface area contributed by atoms with E-state index in [0.717, 1.165) is 0 Å². The Kier molecular flexibility index (Phi) is 5.09. The van der Waals surface area contributed by atoms with Gasteiger partial charge in [0.2, 0.25) is 5.91 Å². The smallest absolute Gasteiger partial charge is 0.338 e. The van der Waals surface area contributed by atoms with Crippen molar-refractivity contribution >= 4 is 29.2 Å². The zero-order chi connectivity index (χ0) is 16.8. The van der Waals surface area contributed by atoms with Crippen molar-refractivity contribution in [2.45, 2.75) is 6.92 Å². The quantitative estimate of drug-likeness (QED) is 0.850. The molecule has 0 heterocycles. The number of methoxy groups -OCH3 is 1. The van der Waals surface area contributed by atoms with E-state index >= 15 is 0 Å². The number of ether oxygens (including phenoxy) is 1. The molecule has 2 aromatic carbocycles. The van der Waals surface area contributed by atoms with Crippen molar-refractivity contribution in [1.29, 1.82) is 0 Å². The Balaban J connectivity index is 2.23. The van der Waals surface area contributed by atoms with Crippen LogP contribution in [-0.4, -0.2) is 24.9 Å². The third-order valence-electron chi connectivity index (χ3n) is 3.02. The molecular weight excluding hydrogens is 296 g/mol. The molecule has 118 valence electrons. The molecule has 6 nitrogen and oxygen atoms in total. The molecule has 2 aromatic rings. The highest BCUT2D eigenvalue weighted by atomic mass is 16.5. The first-order chi connectivity index (χ1) is 11.0. The van der Waals surface area contributed by atoms with Gasteiger partial charge in [0.1, 0.15) is 0 Å². The fourth-order valence-corrected chi connectivity index (χ4v) is 2.05. The first-order valence-corrected chi connectivity index (χ1v) is 6.87. The lowest BCUT2D eigenvalue weighted by Crippen LogP contribution is -2.17. The molecule has 0 fully saturated rings. The topological polar surface area (TPSA) is 84.5 Å². The minimum absolute atomic E-state index is 0.186. The van der Waals surface area contributed by atoms with Gasteiger partial charge in [0, 0.05) is 18.3 Å². The zero-order valence-electron chi connectivity index (χ0n) is 12.8. The van der Waals surface area contributed by atoms with Crippen LogP contribution >= 0.6 is 0 Å². The number of nitrogens with one attached hydrogen (secondary N) is 2. The zero-order valence-corrected chi connectivity index (χ0v) is 12.8. The molecule has 0 spiro atoms. The molecule has 0 aromatic heterocycles. The molecule has 23 heavy (non-hydrogen) atoms. The maximum Gasteiger partial charge on any atom is 0.338 e. The van der Waals surface area contributed by atoms with Gasteiger partial charge in [-0.05, 0) is 30.3 Å². The number of esters is 1. The number of carbonyl (C=O) groups is 3. The van der Waals surface area contributed by atoms with E-state index in [2.05, 4.69) is 15.4 Å². The Morgan fingerprint density at radius 2 is 1.48 bits per heavy atom. The average molecular weight is 312 g/mol. The van der Waals surface area contributed by atoms with Crippen LogP contribution in [0.4, 0.5) is 11.4 Å². The molecule has 2 rings (SSSR count). The van der Waals surface area contributed by atoms with Gasteiger partial charge >= 0.3 is 5.97 Å². The SMILES string of the molecule is COC(=O)c1ccccc1C(=O)Nc1cccc(NC(C)=O)c1. The minimum Gasteiger partial charge on any atom is -0.465 e. The van der Waals surface area contributed by atoms with E-state index in [4.69, 9.17) is 0 Å². The van der Waals surface area contributed by atoms with Gasteiger partial charge in [-0.25, -0.2) is 4.79 Å². The summed E-state index contributed by atoms with van der Waals surface area (Å²) in [6, 6.07) is 13.1. The van der Waals surface area contributed by atoms with Crippen LogP contribution in [0, 0.1) is 0 Å². The molecule has 0 aliphatic rings. The number of amides is 2. The van der Waals surface area contributed by atoms with Crippen LogP contribution < -0.4 is 10.6 Å². The first-order valence-electron chi connectivity index (χ1n) is 6.87. The fraction of sp³-hybridized carbons (Fsp3) is 0.118. The number of hydrogen-bond donors (Lipinski definition) is 2. The van der Waals surface area contributed by atoms with E-state index in [9.17, 15) is 14.4 Å². The van der Waals surface area contributed by atoms with Crippen molar-refractivity contribution in [1.82, 2.24) is 0 Å². The van der Waals surface area contributed by atoms with Crippen molar-refractivity contribution in [3.63, 3.8) is 0 Å². The molecule has 2 amide bonds. The number of carbonyl (C=O) groups excluding carboxylic acids is 3. The Labute approximate surface area is 133 Å². The average Bonchev–Trinajstić information content (AvgIpc) is 2.53. The second-order valence-electron chi connectivity index (χ2n) is 4.75. The molecule has 6 heteroatoms. The predicted molar refractivity (Wildman–Crippen MR) is 86.5 cm³/mol. The lowest BCUT2D eigenvalue weighted by molar-refractivity contribution is -0.114. The molecule has 0 radical (unpaired) electrons. The van der Waals surface area contributed by atoms with Crippen molar-refractivity contribution in [3.8, 4) is 0 Å². The summed E-state index contributed by atoms with van der Waals surface area (Å²) in [6.07, 6.45) is 0. The monoisotopic (exact) mass is 312 g/mol. The van der Waals surface area contributed by atoms with Gasteiger partial charge in [-0.2, -0.15) is 0 Å². The van der Waals surface area contributed by atoms with Crippen LogP contribution in [0.1, 0.15) is 27.6 Å². The summed E-state index contributed by atoms with van der Waals surface area (Å²) >= 11 is 0. The van der Waals surface area contributed by atoms with E-state index in [1.165, 1.54) is 20.1 Å². The van der Waals surface area contributed by atoms with Gasteiger partial charge in [-0.1, -0.05) is 18.2 Å². The molecule has 0 atom stereocenters. The van der Waals surface area contributed by atoms with Gasteiger partial charge in [-0.3, -0.25) is 9.59 Å². The van der Waals surface area contributed by atoms with Crippen LogP contribution in [0.15, 0.2) is 48.5 Å². The second-order valence-corrected chi connectivity index (χ2v) is 4.75.